The summed E-state index contributed by atoms with van der Waals surface area (Å²) >= 11 is 0. The highest BCUT2D eigenvalue weighted by Crippen LogP contribution is 2.17. The van der Waals surface area contributed by atoms with Crippen molar-refractivity contribution in [3.05, 3.63) is 0 Å². The van der Waals surface area contributed by atoms with Gasteiger partial charge in [0.25, 0.3) is 0 Å². The minimum atomic E-state index is -0.116. The van der Waals surface area contributed by atoms with Crippen LogP contribution in [0.1, 0.15) is 39.0 Å². The van der Waals surface area contributed by atoms with Crippen molar-refractivity contribution in [3.8, 4) is 0 Å². The molecule has 12 heavy (non-hydrogen) atoms. The first-order valence-corrected chi connectivity index (χ1v) is 4.47. The fraction of sp³-hybridized carbons (Fsp3) is 0.778. The zero-order valence-electron chi connectivity index (χ0n) is 7.43. The van der Waals surface area contributed by atoms with E-state index in [1.165, 1.54) is 19.8 Å². The Bertz CT molecular complexity index is 183. The summed E-state index contributed by atoms with van der Waals surface area (Å²) in [6, 6.07) is 0.330. The Hall–Kier alpha value is -0.860. The summed E-state index contributed by atoms with van der Waals surface area (Å²) in [4.78, 5) is 21.6. The van der Waals surface area contributed by atoms with Crippen LogP contribution >= 0.6 is 0 Å². The maximum Gasteiger partial charge on any atom is 0.227 e. The van der Waals surface area contributed by atoms with Crippen molar-refractivity contribution in [3.63, 3.8) is 0 Å². The topological polar surface area (TPSA) is 46.2 Å². The molecule has 68 valence electrons. The summed E-state index contributed by atoms with van der Waals surface area (Å²) in [6.07, 6.45) is 4.58. The molecular weight excluding hydrogens is 154 g/mol. The molecule has 0 unspecified atom stereocenters. The van der Waals surface area contributed by atoms with Gasteiger partial charge >= 0.3 is 0 Å². The number of hydrogen-bond donors (Lipinski definition) is 1. The Morgan fingerprint density at radius 1 is 1.33 bits per heavy atom. The Kier molecular flexibility index (Phi) is 3.26. The molecule has 1 N–H and O–H groups in total. The van der Waals surface area contributed by atoms with Gasteiger partial charge < -0.3 is 5.32 Å². The number of carbonyl (C=O) groups excluding carboxylic acids is 2. The zero-order valence-corrected chi connectivity index (χ0v) is 7.43. The SMILES string of the molecule is CC(=O)CC(=O)NC1CCCC1. The lowest BCUT2D eigenvalue weighted by molar-refractivity contribution is -0.127. The van der Waals surface area contributed by atoms with Crippen LogP contribution in [0.5, 0.6) is 0 Å². The number of carbonyl (C=O) groups is 2. The average Bonchev–Trinajstić information content (AvgIpc) is 2.37. The maximum absolute atomic E-state index is 11.1. The Labute approximate surface area is 72.5 Å². The fourth-order valence-corrected chi connectivity index (χ4v) is 1.57. The van der Waals surface area contributed by atoms with Crippen molar-refractivity contribution in [2.45, 2.75) is 45.1 Å². The van der Waals surface area contributed by atoms with E-state index in [9.17, 15) is 9.59 Å². The van der Waals surface area contributed by atoms with Crippen LogP contribution in [-0.4, -0.2) is 17.7 Å². The zero-order chi connectivity index (χ0) is 8.97. The molecular formula is C9H15NO2. The third-order valence-electron chi connectivity index (χ3n) is 2.13. The summed E-state index contributed by atoms with van der Waals surface area (Å²) in [5.41, 5.74) is 0. The van der Waals surface area contributed by atoms with Gasteiger partial charge in [0.2, 0.25) is 5.91 Å². The molecule has 0 aromatic rings. The van der Waals surface area contributed by atoms with Crippen molar-refractivity contribution in [1.29, 1.82) is 0 Å². The van der Waals surface area contributed by atoms with Crippen LogP contribution in [0.15, 0.2) is 0 Å². The molecule has 3 nitrogen and oxygen atoms in total. The molecule has 0 spiro atoms. The minimum absolute atomic E-state index is 0.0382. The predicted octanol–water partition coefficient (Wildman–Crippen LogP) is 1.02. The van der Waals surface area contributed by atoms with E-state index in [4.69, 9.17) is 0 Å². The monoisotopic (exact) mass is 169 g/mol. The first kappa shape index (κ1) is 9.23. The molecule has 0 aromatic heterocycles. The van der Waals surface area contributed by atoms with Gasteiger partial charge in [0, 0.05) is 6.04 Å². The second-order valence-electron chi connectivity index (χ2n) is 3.43. The Morgan fingerprint density at radius 3 is 2.42 bits per heavy atom. The van der Waals surface area contributed by atoms with Gasteiger partial charge in [-0.1, -0.05) is 12.8 Å². The molecule has 1 aliphatic rings. The summed E-state index contributed by atoms with van der Waals surface area (Å²) in [5.74, 6) is -0.181. The van der Waals surface area contributed by atoms with Crippen molar-refractivity contribution in [1.82, 2.24) is 5.32 Å². The molecule has 0 heterocycles. The average molecular weight is 169 g/mol. The predicted molar refractivity (Wildman–Crippen MR) is 45.7 cm³/mol. The van der Waals surface area contributed by atoms with Crippen molar-refractivity contribution in [2.24, 2.45) is 0 Å². The van der Waals surface area contributed by atoms with Crippen LogP contribution in [-0.2, 0) is 9.59 Å². The highest BCUT2D eigenvalue weighted by molar-refractivity contribution is 5.96. The van der Waals surface area contributed by atoms with Gasteiger partial charge in [0.05, 0.1) is 6.42 Å². The fourth-order valence-electron chi connectivity index (χ4n) is 1.57. The molecule has 0 radical (unpaired) electrons. The van der Waals surface area contributed by atoms with Crippen LogP contribution in [0.2, 0.25) is 0 Å². The molecule has 0 aromatic carbocycles. The van der Waals surface area contributed by atoms with E-state index >= 15 is 0 Å². The minimum Gasteiger partial charge on any atom is -0.353 e. The van der Waals surface area contributed by atoms with E-state index in [2.05, 4.69) is 5.32 Å². The number of hydrogen-bond acceptors (Lipinski definition) is 2. The molecule has 1 amide bonds. The third kappa shape index (κ3) is 3.03. The van der Waals surface area contributed by atoms with Crippen LogP contribution < -0.4 is 5.32 Å². The molecule has 1 aliphatic carbocycles. The first-order valence-electron chi connectivity index (χ1n) is 4.47. The van der Waals surface area contributed by atoms with Crippen LogP contribution in [0.3, 0.4) is 0 Å². The van der Waals surface area contributed by atoms with Crippen molar-refractivity contribution >= 4 is 11.7 Å². The lowest BCUT2D eigenvalue weighted by Gasteiger charge is -2.10. The molecule has 1 fully saturated rings. The first-order chi connectivity index (χ1) is 5.68. The number of Topliss-reactive ketones (excluding diaryl/α,β-unsaturated/α-hetero) is 1. The number of rotatable bonds is 3. The molecule has 0 saturated heterocycles. The van der Waals surface area contributed by atoms with E-state index in [0.29, 0.717) is 6.04 Å². The standard InChI is InChI=1S/C9H15NO2/c1-7(11)6-9(12)10-8-4-2-3-5-8/h8H,2-6H2,1H3,(H,10,12). The van der Waals surface area contributed by atoms with E-state index in [1.807, 2.05) is 0 Å². The molecule has 1 saturated carbocycles. The smallest absolute Gasteiger partial charge is 0.227 e. The van der Waals surface area contributed by atoms with E-state index < -0.39 is 0 Å². The van der Waals surface area contributed by atoms with Gasteiger partial charge in [0.1, 0.15) is 5.78 Å². The second kappa shape index (κ2) is 4.24. The molecule has 3 heteroatoms. The quantitative estimate of drug-likeness (QED) is 0.641. The van der Waals surface area contributed by atoms with Gasteiger partial charge in [-0.05, 0) is 19.8 Å². The summed E-state index contributed by atoms with van der Waals surface area (Å²) in [7, 11) is 0. The Morgan fingerprint density at radius 2 is 1.92 bits per heavy atom. The second-order valence-corrected chi connectivity index (χ2v) is 3.43. The lowest BCUT2D eigenvalue weighted by Crippen LogP contribution is -2.33. The molecule has 0 aliphatic heterocycles. The highest BCUT2D eigenvalue weighted by Gasteiger charge is 2.17. The summed E-state index contributed by atoms with van der Waals surface area (Å²) < 4.78 is 0. The maximum atomic E-state index is 11.1. The number of amides is 1. The van der Waals surface area contributed by atoms with Gasteiger partial charge in [-0.3, -0.25) is 9.59 Å². The van der Waals surface area contributed by atoms with Gasteiger partial charge in [-0.15, -0.1) is 0 Å². The summed E-state index contributed by atoms with van der Waals surface area (Å²) in [6.45, 7) is 1.44. The van der Waals surface area contributed by atoms with Crippen LogP contribution in [0.4, 0.5) is 0 Å². The third-order valence-corrected chi connectivity index (χ3v) is 2.13. The largest absolute Gasteiger partial charge is 0.353 e. The summed E-state index contributed by atoms with van der Waals surface area (Å²) in [5, 5.41) is 2.85. The van der Waals surface area contributed by atoms with Gasteiger partial charge in [-0.25, -0.2) is 0 Å². The molecule has 0 bridgehead atoms. The number of ketones is 1. The Balaban J connectivity index is 2.20. The highest BCUT2D eigenvalue weighted by atomic mass is 16.2. The number of nitrogens with one attached hydrogen (secondary N) is 1. The van der Waals surface area contributed by atoms with Crippen LogP contribution in [0, 0.1) is 0 Å². The molecule has 1 rings (SSSR count). The van der Waals surface area contributed by atoms with E-state index in [1.54, 1.807) is 0 Å². The lowest BCUT2D eigenvalue weighted by atomic mass is 10.2. The van der Waals surface area contributed by atoms with E-state index in [0.717, 1.165) is 12.8 Å². The van der Waals surface area contributed by atoms with Gasteiger partial charge in [0.15, 0.2) is 0 Å². The van der Waals surface area contributed by atoms with Crippen molar-refractivity contribution < 1.29 is 9.59 Å². The van der Waals surface area contributed by atoms with E-state index in [-0.39, 0.29) is 18.1 Å². The van der Waals surface area contributed by atoms with Crippen LogP contribution in [0.25, 0.3) is 0 Å². The normalized spacial score (nSPS) is 17.8. The molecule has 0 atom stereocenters. The van der Waals surface area contributed by atoms with Crippen molar-refractivity contribution in [2.75, 3.05) is 0 Å². The van der Waals surface area contributed by atoms with Gasteiger partial charge in [-0.2, -0.15) is 0 Å².